The summed E-state index contributed by atoms with van der Waals surface area (Å²) in [5.74, 6) is -2.91. The average molecular weight is 211 g/mol. The van der Waals surface area contributed by atoms with E-state index in [0.29, 0.717) is 0 Å². The van der Waals surface area contributed by atoms with Gasteiger partial charge in [0.1, 0.15) is 5.54 Å². The van der Waals surface area contributed by atoms with Crippen molar-refractivity contribution in [2.24, 2.45) is 11.7 Å². The molecule has 1 aliphatic rings. The van der Waals surface area contributed by atoms with Crippen molar-refractivity contribution in [3.63, 3.8) is 0 Å². The van der Waals surface area contributed by atoms with Gasteiger partial charge in [0.05, 0.1) is 5.92 Å². The Labute approximate surface area is 79.1 Å². The van der Waals surface area contributed by atoms with E-state index in [-0.39, 0.29) is 19.3 Å². The molecule has 0 aromatic heterocycles. The molecule has 1 saturated carbocycles. The molecule has 14 heavy (non-hydrogen) atoms. The lowest BCUT2D eigenvalue weighted by Crippen LogP contribution is -2.53. The van der Waals surface area contributed by atoms with E-state index in [2.05, 4.69) is 0 Å². The molecule has 0 saturated heterocycles. The van der Waals surface area contributed by atoms with Crippen LogP contribution >= 0.6 is 0 Å². The molecule has 0 aliphatic heterocycles. The van der Waals surface area contributed by atoms with E-state index in [1.54, 1.807) is 0 Å². The van der Waals surface area contributed by atoms with Crippen LogP contribution in [0, 0.1) is 5.92 Å². The van der Waals surface area contributed by atoms with E-state index in [4.69, 9.17) is 10.8 Å². The van der Waals surface area contributed by atoms with Gasteiger partial charge in [-0.25, -0.2) is 0 Å². The fraction of sp³-hybridized carbons (Fsp3) is 0.875. The average Bonchev–Trinajstić information content (AvgIpc) is 2.02. The minimum Gasteiger partial charge on any atom is -0.480 e. The maximum absolute atomic E-state index is 12.3. The van der Waals surface area contributed by atoms with Gasteiger partial charge in [0, 0.05) is 0 Å². The van der Waals surface area contributed by atoms with Gasteiger partial charge in [-0.2, -0.15) is 13.2 Å². The number of hydrogen-bond donors (Lipinski definition) is 2. The lowest BCUT2D eigenvalue weighted by atomic mass is 9.76. The molecule has 0 radical (unpaired) electrons. The fourth-order valence-corrected chi connectivity index (χ4v) is 1.78. The summed E-state index contributed by atoms with van der Waals surface area (Å²) in [5.41, 5.74) is 3.69. The van der Waals surface area contributed by atoms with Gasteiger partial charge in [0.2, 0.25) is 0 Å². The van der Waals surface area contributed by atoms with Crippen molar-refractivity contribution in [3.8, 4) is 0 Å². The summed E-state index contributed by atoms with van der Waals surface area (Å²) in [6.45, 7) is 0. The van der Waals surface area contributed by atoms with Gasteiger partial charge >= 0.3 is 12.1 Å². The second-order valence-electron chi connectivity index (χ2n) is 3.80. The molecule has 0 spiro atoms. The first kappa shape index (κ1) is 11.3. The highest BCUT2D eigenvalue weighted by Crippen LogP contribution is 2.40. The van der Waals surface area contributed by atoms with Gasteiger partial charge in [-0.1, -0.05) is 6.42 Å². The molecular formula is C8H12F3NO2. The number of halogens is 3. The summed E-state index contributed by atoms with van der Waals surface area (Å²) in [5, 5.41) is 8.69. The van der Waals surface area contributed by atoms with Gasteiger partial charge in [0.25, 0.3) is 0 Å². The number of rotatable bonds is 1. The largest absolute Gasteiger partial charge is 0.480 e. The molecule has 1 aliphatic carbocycles. The van der Waals surface area contributed by atoms with E-state index in [1.807, 2.05) is 0 Å². The smallest absolute Gasteiger partial charge is 0.391 e. The Morgan fingerprint density at radius 1 is 1.50 bits per heavy atom. The van der Waals surface area contributed by atoms with Crippen LogP contribution in [0.4, 0.5) is 13.2 Å². The van der Waals surface area contributed by atoms with Crippen LogP contribution in [-0.4, -0.2) is 22.8 Å². The summed E-state index contributed by atoms with van der Waals surface area (Å²) in [6.07, 6.45) is -4.52. The van der Waals surface area contributed by atoms with E-state index < -0.39 is 30.0 Å². The standard InChI is InChI=1S/C8H12F3NO2/c9-8(10,11)5-2-1-3-7(12,4-5)6(13)14/h5H,1-4,12H2,(H,13,14). The van der Waals surface area contributed by atoms with Gasteiger partial charge in [-0.05, 0) is 19.3 Å². The summed E-state index contributed by atoms with van der Waals surface area (Å²) in [7, 11) is 0. The Kier molecular flexibility index (Phi) is 2.76. The number of carbonyl (C=O) groups is 1. The predicted molar refractivity (Wildman–Crippen MR) is 42.6 cm³/mol. The van der Waals surface area contributed by atoms with Crippen molar-refractivity contribution in [3.05, 3.63) is 0 Å². The molecule has 0 aromatic carbocycles. The topological polar surface area (TPSA) is 63.3 Å². The number of carboxylic acids is 1. The molecule has 2 unspecified atom stereocenters. The van der Waals surface area contributed by atoms with Crippen LogP contribution in [0.15, 0.2) is 0 Å². The normalized spacial score (nSPS) is 34.1. The highest BCUT2D eigenvalue weighted by Gasteiger charge is 2.49. The summed E-state index contributed by atoms with van der Waals surface area (Å²) in [6, 6.07) is 0. The van der Waals surface area contributed by atoms with Crippen molar-refractivity contribution in [1.29, 1.82) is 0 Å². The molecule has 1 rings (SSSR count). The maximum atomic E-state index is 12.3. The van der Waals surface area contributed by atoms with Gasteiger partial charge < -0.3 is 10.8 Å². The lowest BCUT2D eigenvalue weighted by molar-refractivity contribution is -0.189. The molecular weight excluding hydrogens is 199 g/mol. The fourth-order valence-electron chi connectivity index (χ4n) is 1.78. The molecule has 3 nitrogen and oxygen atoms in total. The highest BCUT2D eigenvalue weighted by atomic mass is 19.4. The summed E-state index contributed by atoms with van der Waals surface area (Å²) >= 11 is 0. The Balaban J connectivity index is 2.74. The molecule has 1 fully saturated rings. The second-order valence-corrected chi connectivity index (χ2v) is 3.80. The number of carboxylic acid groups (broad SMARTS) is 1. The van der Waals surface area contributed by atoms with Crippen LogP contribution in [-0.2, 0) is 4.79 Å². The Hall–Kier alpha value is -0.780. The van der Waals surface area contributed by atoms with E-state index in [9.17, 15) is 18.0 Å². The van der Waals surface area contributed by atoms with Crippen LogP contribution in [0.25, 0.3) is 0 Å². The molecule has 0 aromatic rings. The first-order valence-corrected chi connectivity index (χ1v) is 4.35. The highest BCUT2D eigenvalue weighted by molar-refractivity contribution is 5.78. The number of nitrogens with two attached hydrogens (primary N) is 1. The Morgan fingerprint density at radius 2 is 2.07 bits per heavy atom. The third kappa shape index (κ3) is 2.17. The van der Waals surface area contributed by atoms with Crippen molar-refractivity contribution in [2.75, 3.05) is 0 Å². The first-order chi connectivity index (χ1) is 6.26. The molecule has 0 amide bonds. The number of aliphatic carboxylic acids is 1. The minimum absolute atomic E-state index is 0.0181. The summed E-state index contributed by atoms with van der Waals surface area (Å²) in [4.78, 5) is 10.7. The van der Waals surface area contributed by atoms with Crippen LogP contribution < -0.4 is 5.73 Å². The predicted octanol–water partition coefficient (Wildman–Crippen LogP) is 1.52. The zero-order chi connectivity index (χ0) is 11.0. The second kappa shape index (κ2) is 3.42. The monoisotopic (exact) mass is 211 g/mol. The molecule has 0 heterocycles. The van der Waals surface area contributed by atoms with E-state index in [0.717, 1.165) is 0 Å². The van der Waals surface area contributed by atoms with E-state index >= 15 is 0 Å². The maximum Gasteiger partial charge on any atom is 0.391 e. The molecule has 3 N–H and O–H groups in total. The van der Waals surface area contributed by atoms with Gasteiger partial charge in [-0.15, -0.1) is 0 Å². The third-order valence-corrected chi connectivity index (χ3v) is 2.67. The van der Waals surface area contributed by atoms with Gasteiger partial charge in [0.15, 0.2) is 0 Å². The van der Waals surface area contributed by atoms with Crippen molar-refractivity contribution in [2.45, 2.75) is 37.4 Å². The van der Waals surface area contributed by atoms with Crippen LogP contribution in [0.2, 0.25) is 0 Å². The minimum atomic E-state index is -4.33. The van der Waals surface area contributed by atoms with Crippen LogP contribution in [0.3, 0.4) is 0 Å². The zero-order valence-corrected chi connectivity index (χ0v) is 7.47. The first-order valence-electron chi connectivity index (χ1n) is 4.35. The molecule has 6 heteroatoms. The SMILES string of the molecule is NC1(C(=O)O)CCCC(C(F)(F)F)C1. The third-order valence-electron chi connectivity index (χ3n) is 2.67. The Bertz CT molecular complexity index is 241. The lowest BCUT2D eigenvalue weighted by Gasteiger charge is -2.35. The Morgan fingerprint density at radius 3 is 2.50 bits per heavy atom. The van der Waals surface area contributed by atoms with Crippen molar-refractivity contribution >= 4 is 5.97 Å². The van der Waals surface area contributed by atoms with Crippen LogP contribution in [0.1, 0.15) is 25.7 Å². The van der Waals surface area contributed by atoms with Gasteiger partial charge in [-0.3, -0.25) is 4.79 Å². The van der Waals surface area contributed by atoms with Crippen molar-refractivity contribution in [1.82, 2.24) is 0 Å². The van der Waals surface area contributed by atoms with E-state index in [1.165, 1.54) is 0 Å². The van der Waals surface area contributed by atoms with Crippen molar-refractivity contribution < 1.29 is 23.1 Å². The summed E-state index contributed by atoms with van der Waals surface area (Å²) < 4.78 is 36.9. The molecule has 2 atom stereocenters. The molecule has 82 valence electrons. The number of alkyl halides is 3. The molecule has 0 bridgehead atoms. The zero-order valence-electron chi connectivity index (χ0n) is 7.47. The quantitative estimate of drug-likeness (QED) is 0.691. The van der Waals surface area contributed by atoms with Crippen LogP contribution in [0.5, 0.6) is 0 Å². The number of hydrogen-bond acceptors (Lipinski definition) is 2.